The number of hydrogen-bond donors (Lipinski definition) is 2. The molecule has 3 amide bonds. The first-order valence-electron chi connectivity index (χ1n) is 13.6. The molecule has 2 aromatic rings. The highest BCUT2D eigenvalue weighted by atomic mass is 19.3. The standard InChI is InChI=1S/C19H22N2O4.C10H11F2NO/c22-17-9-8-16(18(23)20-17)21-11-12-10-14(6-7-15(12)19(21)24)25-13-4-2-1-3-5-13;11-10(12)14-9-3-1-7(2-4-9)8-5-13-6-8/h6-7,10,13,16H,1-5,8-9,11H2,(H,20,22,23);1-4,8,10,13H,5-6H2. The fourth-order valence-electron chi connectivity index (χ4n) is 5.45. The third-order valence-electron chi connectivity index (χ3n) is 7.71. The van der Waals surface area contributed by atoms with Crippen LogP contribution in [0.25, 0.3) is 0 Å². The monoisotopic (exact) mass is 541 g/mol. The van der Waals surface area contributed by atoms with Gasteiger partial charge in [-0.3, -0.25) is 19.7 Å². The van der Waals surface area contributed by atoms with Gasteiger partial charge in [-0.1, -0.05) is 18.6 Å². The van der Waals surface area contributed by atoms with Crippen LogP contribution in [-0.4, -0.2) is 54.5 Å². The van der Waals surface area contributed by atoms with E-state index in [1.807, 2.05) is 24.3 Å². The number of rotatable bonds is 6. The Kier molecular flexibility index (Phi) is 8.40. The van der Waals surface area contributed by atoms with Gasteiger partial charge in [0.05, 0.1) is 6.10 Å². The first kappa shape index (κ1) is 27.1. The van der Waals surface area contributed by atoms with Crippen LogP contribution in [0.5, 0.6) is 11.5 Å². The second-order valence-corrected chi connectivity index (χ2v) is 10.4. The molecule has 0 radical (unpaired) electrons. The molecule has 2 saturated heterocycles. The van der Waals surface area contributed by atoms with Crippen molar-refractivity contribution in [3.8, 4) is 11.5 Å². The first-order chi connectivity index (χ1) is 18.9. The van der Waals surface area contributed by atoms with E-state index in [1.165, 1.54) is 24.8 Å². The Morgan fingerprint density at radius 2 is 1.62 bits per heavy atom. The van der Waals surface area contributed by atoms with Gasteiger partial charge in [0.2, 0.25) is 11.8 Å². The van der Waals surface area contributed by atoms with E-state index in [1.54, 1.807) is 23.1 Å². The van der Waals surface area contributed by atoms with E-state index in [2.05, 4.69) is 15.4 Å². The molecule has 6 rings (SSSR count). The van der Waals surface area contributed by atoms with Crippen LogP contribution in [0.2, 0.25) is 0 Å². The van der Waals surface area contributed by atoms with Crippen LogP contribution in [0.1, 0.15) is 72.3 Å². The number of halogens is 2. The number of nitrogens with one attached hydrogen (secondary N) is 2. The molecule has 2 aromatic carbocycles. The summed E-state index contributed by atoms with van der Waals surface area (Å²) < 4.78 is 34.0. The average molecular weight is 542 g/mol. The van der Waals surface area contributed by atoms with Gasteiger partial charge < -0.3 is 19.7 Å². The van der Waals surface area contributed by atoms with E-state index in [0.29, 0.717) is 24.4 Å². The minimum atomic E-state index is -2.74. The number of fused-ring (bicyclic) bond motifs is 1. The molecule has 3 aliphatic heterocycles. The smallest absolute Gasteiger partial charge is 0.387 e. The lowest BCUT2D eigenvalue weighted by atomic mass is 9.94. The molecule has 1 saturated carbocycles. The summed E-state index contributed by atoms with van der Waals surface area (Å²) >= 11 is 0. The number of carbonyl (C=O) groups excluding carboxylic acids is 3. The topological polar surface area (TPSA) is 97.0 Å². The molecule has 8 nitrogen and oxygen atoms in total. The van der Waals surface area contributed by atoms with Crippen LogP contribution in [0.4, 0.5) is 8.78 Å². The summed E-state index contributed by atoms with van der Waals surface area (Å²) in [6, 6.07) is 11.8. The van der Waals surface area contributed by atoms with E-state index in [0.717, 1.165) is 37.2 Å². The number of piperidine rings is 1. The van der Waals surface area contributed by atoms with Crippen molar-refractivity contribution < 1.29 is 32.6 Å². The molecule has 1 aliphatic carbocycles. The normalized spacial score (nSPS) is 21.6. The number of alkyl halides is 2. The van der Waals surface area contributed by atoms with Crippen molar-refractivity contribution >= 4 is 17.7 Å². The Balaban J connectivity index is 0.000000186. The van der Waals surface area contributed by atoms with Crippen molar-refractivity contribution in [2.75, 3.05) is 13.1 Å². The summed E-state index contributed by atoms with van der Waals surface area (Å²) in [6.07, 6.45) is 6.77. The summed E-state index contributed by atoms with van der Waals surface area (Å²) in [6.45, 7) is -0.418. The first-order valence-corrected chi connectivity index (χ1v) is 13.6. The Morgan fingerprint density at radius 1 is 0.897 bits per heavy atom. The third-order valence-corrected chi connectivity index (χ3v) is 7.71. The average Bonchev–Trinajstić information content (AvgIpc) is 3.20. The molecule has 3 fully saturated rings. The molecule has 39 heavy (non-hydrogen) atoms. The van der Waals surface area contributed by atoms with E-state index in [-0.39, 0.29) is 36.0 Å². The van der Waals surface area contributed by atoms with Crippen molar-refractivity contribution in [2.45, 2.75) is 76.2 Å². The van der Waals surface area contributed by atoms with Crippen LogP contribution in [-0.2, 0) is 16.1 Å². The Bertz CT molecular complexity index is 1200. The predicted molar refractivity (Wildman–Crippen MR) is 139 cm³/mol. The van der Waals surface area contributed by atoms with Gasteiger partial charge in [-0.15, -0.1) is 0 Å². The molecule has 1 unspecified atom stereocenters. The highest BCUT2D eigenvalue weighted by Crippen LogP contribution is 2.31. The number of carbonyl (C=O) groups is 3. The molecule has 10 heteroatoms. The van der Waals surface area contributed by atoms with Gasteiger partial charge >= 0.3 is 6.61 Å². The Hall–Kier alpha value is -3.53. The molecule has 0 aromatic heterocycles. The molecule has 4 aliphatic rings. The molecule has 1 atom stereocenters. The van der Waals surface area contributed by atoms with E-state index >= 15 is 0 Å². The number of imide groups is 1. The summed E-state index contributed by atoms with van der Waals surface area (Å²) in [5.41, 5.74) is 2.69. The largest absolute Gasteiger partial charge is 0.490 e. The van der Waals surface area contributed by atoms with Gasteiger partial charge in [-0.05, 0) is 73.6 Å². The summed E-state index contributed by atoms with van der Waals surface area (Å²) in [7, 11) is 0. The number of ether oxygens (including phenoxy) is 2. The lowest BCUT2D eigenvalue weighted by Crippen LogP contribution is -2.52. The summed E-state index contributed by atoms with van der Waals surface area (Å²) in [5.74, 6) is 0.744. The van der Waals surface area contributed by atoms with Crippen LogP contribution < -0.4 is 20.1 Å². The molecule has 0 bridgehead atoms. The fraction of sp³-hybridized carbons (Fsp3) is 0.483. The zero-order valence-corrected chi connectivity index (χ0v) is 21.7. The number of hydrogen-bond acceptors (Lipinski definition) is 6. The van der Waals surface area contributed by atoms with Crippen molar-refractivity contribution in [3.05, 3.63) is 59.2 Å². The van der Waals surface area contributed by atoms with Gasteiger partial charge in [0.25, 0.3) is 5.91 Å². The molecular formula is C29H33F2N3O5. The maximum Gasteiger partial charge on any atom is 0.387 e. The highest BCUT2D eigenvalue weighted by Gasteiger charge is 2.39. The highest BCUT2D eigenvalue weighted by molar-refractivity contribution is 6.05. The van der Waals surface area contributed by atoms with Gasteiger partial charge in [0.1, 0.15) is 17.5 Å². The zero-order chi connectivity index (χ0) is 27.4. The minimum Gasteiger partial charge on any atom is -0.490 e. The summed E-state index contributed by atoms with van der Waals surface area (Å²) in [5, 5.41) is 5.48. The van der Waals surface area contributed by atoms with Crippen molar-refractivity contribution in [2.24, 2.45) is 0 Å². The lowest BCUT2D eigenvalue weighted by Gasteiger charge is -2.29. The molecule has 0 spiro atoms. The Labute approximate surface area is 226 Å². The van der Waals surface area contributed by atoms with E-state index in [9.17, 15) is 23.2 Å². The van der Waals surface area contributed by atoms with Crippen LogP contribution >= 0.6 is 0 Å². The predicted octanol–water partition coefficient (Wildman–Crippen LogP) is 4.13. The molecular weight excluding hydrogens is 508 g/mol. The molecule has 3 heterocycles. The van der Waals surface area contributed by atoms with Gasteiger partial charge in [-0.2, -0.15) is 8.78 Å². The maximum atomic E-state index is 12.6. The lowest BCUT2D eigenvalue weighted by molar-refractivity contribution is -0.136. The SMILES string of the molecule is FC(F)Oc1ccc(C2CNC2)cc1.O=C1CCC(N2Cc3cc(OC4CCCCC4)ccc3C2=O)C(=O)N1. The van der Waals surface area contributed by atoms with Crippen molar-refractivity contribution in [1.29, 1.82) is 0 Å². The van der Waals surface area contributed by atoms with Gasteiger partial charge in [0, 0.05) is 37.5 Å². The van der Waals surface area contributed by atoms with Crippen molar-refractivity contribution in [3.63, 3.8) is 0 Å². The van der Waals surface area contributed by atoms with Crippen molar-refractivity contribution in [1.82, 2.24) is 15.5 Å². The quantitative estimate of drug-likeness (QED) is 0.534. The van der Waals surface area contributed by atoms with Gasteiger partial charge in [0.15, 0.2) is 0 Å². The minimum absolute atomic E-state index is 0.145. The molecule has 2 N–H and O–H groups in total. The fourth-order valence-corrected chi connectivity index (χ4v) is 5.45. The molecule has 208 valence electrons. The van der Waals surface area contributed by atoms with Crippen LogP contribution in [0.3, 0.4) is 0 Å². The summed E-state index contributed by atoms with van der Waals surface area (Å²) in [4.78, 5) is 37.6. The number of amides is 3. The second-order valence-electron chi connectivity index (χ2n) is 10.4. The maximum absolute atomic E-state index is 12.6. The third kappa shape index (κ3) is 6.55. The second kappa shape index (κ2) is 12.1. The van der Waals surface area contributed by atoms with E-state index in [4.69, 9.17) is 4.74 Å². The van der Waals surface area contributed by atoms with E-state index < -0.39 is 12.7 Å². The number of benzene rings is 2. The van der Waals surface area contributed by atoms with Crippen LogP contribution in [0.15, 0.2) is 42.5 Å². The van der Waals surface area contributed by atoms with Crippen LogP contribution in [0, 0.1) is 0 Å². The number of nitrogens with zero attached hydrogens (tertiary/aromatic N) is 1. The van der Waals surface area contributed by atoms with Gasteiger partial charge in [-0.25, -0.2) is 0 Å². The Morgan fingerprint density at radius 3 is 2.26 bits per heavy atom. The zero-order valence-electron chi connectivity index (χ0n) is 21.7.